The Labute approximate surface area is 127 Å². The predicted molar refractivity (Wildman–Crippen MR) is 82.6 cm³/mol. The molecule has 0 bridgehead atoms. The molecular formula is C16H29N3O2. The van der Waals surface area contributed by atoms with Gasteiger partial charge in [-0.2, -0.15) is 0 Å². The fourth-order valence-corrected chi connectivity index (χ4v) is 3.36. The number of nitrogens with zero attached hydrogens (tertiary/aromatic N) is 1. The van der Waals surface area contributed by atoms with E-state index in [4.69, 9.17) is 5.73 Å². The highest BCUT2D eigenvalue weighted by Crippen LogP contribution is 2.43. The van der Waals surface area contributed by atoms with E-state index in [1.165, 1.54) is 6.42 Å². The Kier molecular flexibility index (Phi) is 5.62. The van der Waals surface area contributed by atoms with E-state index in [0.717, 1.165) is 45.2 Å². The molecule has 0 spiro atoms. The van der Waals surface area contributed by atoms with Gasteiger partial charge in [-0.05, 0) is 44.1 Å². The second-order valence-corrected chi connectivity index (χ2v) is 6.71. The lowest BCUT2D eigenvalue weighted by Gasteiger charge is -2.42. The Bertz CT molecular complexity index is 366. The summed E-state index contributed by atoms with van der Waals surface area (Å²) in [5, 5.41) is 3.06. The Hall–Kier alpha value is -1.10. The SMILES string of the molecule is CCCC(=O)NC1CCN(C(=O)CC2(CN)CCC2)CC1. The first-order valence-corrected chi connectivity index (χ1v) is 8.36. The zero-order valence-electron chi connectivity index (χ0n) is 13.2. The number of hydrogen-bond acceptors (Lipinski definition) is 3. The normalized spacial score (nSPS) is 21.7. The molecule has 0 atom stereocenters. The van der Waals surface area contributed by atoms with E-state index >= 15 is 0 Å². The molecule has 0 aromatic rings. The summed E-state index contributed by atoms with van der Waals surface area (Å²) >= 11 is 0. The molecule has 2 aliphatic rings. The van der Waals surface area contributed by atoms with Crippen molar-refractivity contribution < 1.29 is 9.59 Å². The van der Waals surface area contributed by atoms with Crippen LogP contribution in [0.15, 0.2) is 0 Å². The monoisotopic (exact) mass is 295 g/mol. The minimum Gasteiger partial charge on any atom is -0.353 e. The zero-order chi connectivity index (χ0) is 15.3. The first-order valence-electron chi connectivity index (χ1n) is 8.36. The Balaban J connectivity index is 1.73. The molecule has 0 aromatic heterocycles. The molecule has 0 radical (unpaired) electrons. The van der Waals surface area contributed by atoms with Crippen LogP contribution in [0.2, 0.25) is 0 Å². The summed E-state index contributed by atoms with van der Waals surface area (Å²) < 4.78 is 0. The zero-order valence-corrected chi connectivity index (χ0v) is 13.2. The third kappa shape index (κ3) is 4.19. The van der Waals surface area contributed by atoms with Gasteiger partial charge >= 0.3 is 0 Å². The molecule has 1 aliphatic heterocycles. The Morgan fingerprint density at radius 1 is 1.29 bits per heavy atom. The van der Waals surface area contributed by atoms with Crippen LogP contribution < -0.4 is 11.1 Å². The van der Waals surface area contributed by atoms with E-state index in [-0.39, 0.29) is 23.3 Å². The van der Waals surface area contributed by atoms with Crippen molar-refractivity contribution >= 4 is 11.8 Å². The van der Waals surface area contributed by atoms with Crippen LogP contribution in [0.4, 0.5) is 0 Å². The minimum absolute atomic E-state index is 0.0866. The Morgan fingerprint density at radius 2 is 1.95 bits per heavy atom. The molecule has 0 aromatic carbocycles. The van der Waals surface area contributed by atoms with Crippen LogP contribution in [0.25, 0.3) is 0 Å². The van der Waals surface area contributed by atoms with Gasteiger partial charge in [0, 0.05) is 32.0 Å². The van der Waals surface area contributed by atoms with Gasteiger partial charge in [-0.25, -0.2) is 0 Å². The molecule has 0 unspecified atom stereocenters. The average molecular weight is 295 g/mol. The molecule has 1 aliphatic carbocycles. The molecule has 120 valence electrons. The van der Waals surface area contributed by atoms with Gasteiger partial charge in [0.25, 0.3) is 0 Å². The van der Waals surface area contributed by atoms with Crippen molar-refractivity contribution in [1.82, 2.24) is 10.2 Å². The lowest BCUT2D eigenvalue weighted by molar-refractivity contribution is -0.136. The number of rotatable bonds is 6. The van der Waals surface area contributed by atoms with E-state index in [9.17, 15) is 9.59 Å². The number of hydrogen-bond donors (Lipinski definition) is 2. The van der Waals surface area contributed by atoms with Crippen molar-refractivity contribution in [3.8, 4) is 0 Å². The second kappa shape index (κ2) is 7.25. The average Bonchev–Trinajstić information content (AvgIpc) is 2.43. The van der Waals surface area contributed by atoms with E-state index < -0.39 is 0 Å². The highest BCUT2D eigenvalue weighted by atomic mass is 16.2. The molecular weight excluding hydrogens is 266 g/mol. The van der Waals surface area contributed by atoms with Crippen molar-refractivity contribution in [3.05, 3.63) is 0 Å². The van der Waals surface area contributed by atoms with Crippen LogP contribution >= 0.6 is 0 Å². The van der Waals surface area contributed by atoms with E-state index in [1.807, 2.05) is 11.8 Å². The standard InChI is InChI=1S/C16H29N3O2/c1-2-4-14(20)18-13-5-9-19(10-6-13)15(21)11-16(12-17)7-3-8-16/h13H,2-12,17H2,1H3,(H,18,20). The second-order valence-electron chi connectivity index (χ2n) is 6.71. The lowest BCUT2D eigenvalue weighted by Crippen LogP contribution is -2.49. The predicted octanol–water partition coefficient (Wildman–Crippen LogP) is 1.41. The highest BCUT2D eigenvalue weighted by Gasteiger charge is 2.39. The van der Waals surface area contributed by atoms with Gasteiger partial charge in [-0.3, -0.25) is 9.59 Å². The largest absolute Gasteiger partial charge is 0.353 e. The number of nitrogens with two attached hydrogens (primary N) is 1. The van der Waals surface area contributed by atoms with Crippen molar-refractivity contribution in [2.45, 2.75) is 64.3 Å². The number of carbonyl (C=O) groups excluding carboxylic acids is 2. The van der Waals surface area contributed by atoms with Crippen molar-refractivity contribution in [2.75, 3.05) is 19.6 Å². The van der Waals surface area contributed by atoms with Gasteiger partial charge in [0.2, 0.25) is 11.8 Å². The molecule has 3 N–H and O–H groups in total. The first-order chi connectivity index (χ1) is 10.1. The molecule has 1 saturated carbocycles. The summed E-state index contributed by atoms with van der Waals surface area (Å²) in [5.41, 5.74) is 5.92. The van der Waals surface area contributed by atoms with Gasteiger partial charge in [0.1, 0.15) is 0 Å². The number of piperidine rings is 1. The summed E-state index contributed by atoms with van der Waals surface area (Å²) in [5.74, 6) is 0.386. The summed E-state index contributed by atoms with van der Waals surface area (Å²) in [6.07, 6.45) is 7.22. The van der Waals surface area contributed by atoms with Crippen LogP contribution in [-0.2, 0) is 9.59 Å². The minimum atomic E-state index is 0.0866. The van der Waals surface area contributed by atoms with Crippen LogP contribution in [-0.4, -0.2) is 42.4 Å². The summed E-state index contributed by atoms with van der Waals surface area (Å²) in [6.45, 7) is 4.16. The number of carbonyl (C=O) groups is 2. The summed E-state index contributed by atoms with van der Waals surface area (Å²) in [7, 11) is 0. The molecule has 2 fully saturated rings. The van der Waals surface area contributed by atoms with E-state index in [2.05, 4.69) is 5.32 Å². The van der Waals surface area contributed by atoms with Crippen LogP contribution in [0.3, 0.4) is 0 Å². The first kappa shape index (κ1) is 16.3. The number of nitrogens with one attached hydrogen (secondary N) is 1. The maximum Gasteiger partial charge on any atom is 0.223 e. The lowest BCUT2D eigenvalue weighted by atomic mass is 9.66. The topological polar surface area (TPSA) is 75.4 Å². The molecule has 1 saturated heterocycles. The third-order valence-electron chi connectivity index (χ3n) is 5.06. The fraction of sp³-hybridized carbons (Fsp3) is 0.875. The molecule has 2 rings (SSSR count). The maximum absolute atomic E-state index is 12.4. The third-order valence-corrected chi connectivity index (χ3v) is 5.06. The van der Waals surface area contributed by atoms with Crippen LogP contribution in [0.1, 0.15) is 58.3 Å². The van der Waals surface area contributed by atoms with Gasteiger partial charge < -0.3 is 16.0 Å². The Morgan fingerprint density at radius 3 is 2.43 bits per heavy atom. The molecule has 5 nitrogen and oxygen atoms in total. The van der Waals surface area contributed by atoms with E-state index in [0.29, 0.717) is 19.4 Å². The number of amides is 2. The summed E-state index contributed by atoms with van der Waals surface area (Å²) in [6, 6.07) is 0.236. The van der Waals surface area contributed by atoms with Crippen LogP contribution in [0.5, 0.6) is 0 Å². The highest BCUT2D eigenvalue weighted by molar-refractivity contribution is 5.78. The number of likely N-dealkylation sites (tertiary alicyclic amines) is 1. The smallest absolute Gasteiger partial charge is 0.223 e. The van der Waals surface area contributed by atoms with Gasteiger partial charge in [0.15, 0.2) is 0 Å². The molecule has 2 amide bonds. The molecule has 21 heavy (non-hydrogen) atoms. The fourth-order valence-electron chi connectivity index (χ4n) is 3.36. The maximum atomic E-state index is 12.4. The van der Waals surface area contributed by atoms with Gasteiger partial charge in [-0.1, -0.05) is 13.3 Å². The summed E-state index contributed by atoms with van der Waals surface area (Å²) in [4.78, 5) is 25.9. The molecule has 1 heterocycles. The molecule has 5 heteroatoms. The van der Waals surface area contributed by atoms with Crippen molar-refractivity contribution in [1.29, 1.82) is 0 Å². The van der Waals surface area contributed by atoms with Gasteiger partial charge in [-0.15, -0.1) is 0 Å². The van der Waals surface area contributed by atoms with Crippen molar-refractivity contribution in [3.63, 3.8) is 0 Å². The van der Waals surface area contributed by atoms with Crippen molar-refractivity contribution in [2.24, 2.45) is 11.1 Å². The van der Waals surface area contributed by atoms with Gasteiger partial charge in [0.05, 0.1) is 0 Å². The van der Waals surface area contributed by atoms with Crippen LogP contribution in [0, 0.1) is 5.41 Å². The quantitative estimate of drug-likeness (QED) is 0.778. The van der Waals surface area contributed by atoms with E-state index in [1.54, 1.807) is 0 Å².